The molecule has 0 aliphatic carbocycles. The number of benzene rings is 1. The monoisotopic (exact) mass is 400 g/mol. The van der Waals surface area contributed by atoms with Gasteiger partial charge in [0.25, 0.3) is 0 Å². The van der Waals surface area contributed by atoms with Gasteiger partial charge in [-0.2, -0.15) is 0 Å². The minimum absolute atomic E-state index is 0.394. The van der Waals surface area contributed by atoms with Gasteiger partial charge in [-0.15, -0.1) is 0 Å². The normalized spacial score (nSPS) is 11.9. The van der Waals surface area contributed by atoms with Gasteiger partial charge in [0.15, 0.2) is 0 Å². The predicted molar refractivity (Wildman–Crippen MR) is 107 cm³/mol. The molecule has 0 aliphatic rings. The van der Waals surface area contributed by atoms with Crippen molar-refractivity contribution in [2.24, 2.45) is 5.73 Å². The number of halogens is 2. The summed E-state index contributed by atoms with van der Waals surface area (Å²) in [4.78, 5) is 20.2. The van der Waals surface area contributed by atoms with Crippen molar-refractivity contribution in [1.29, 1.82) is 0 Å². The number of nitrogens with one attached hydrogen (secondary N) is 1. The van der Waals surface area contributed by atoms with Gasteiger partial charge in [-0.25, -0.2) is 0 Å². The van der Waals surface area contributed by atoms with Gasteiger partial charge in [-0.1, -0.05) is 29.3 Å². The Hall–Kier alpha value is -2.47. The second kappa shape index (κ2) is 8.95. The molecule has 3 N–H and O–H groups in total. The van der Waals surface area contributed by atoms with Crippen LogP contribution in [0.15, 0.2) is 61.2 Å². The van der Waals surface area contributed by atoms with E-state index in [0.29, 0.717) is 22.2 Å². The number of carbonyl (C=O) groups is 1. The van der Waals surface area contributed by atoms with Crippen molar-refractivity contribution in [3.8, 4) is 0 Å². The molecule has 3 aromatic rings. The number of aromatic nitrogens is 2. The van der Waals surface area contributed by atoms with Crippen molar-refractivity contribution >= 4 is 29.1 Å². The molecule has 0 fully saturated rings. The lowest BCUT2D eigenvalue weighted by atomic mass is 10.0. The highest BCUT2D eigenvalue weighted by Crippen LogP contribution is 2.26. The molecule has 0 saturated heterocycles. The Balaban J connectivity index is 1.79. The zero-order valence-corrected chi connectivity index (χ0v) is 15.9. The molecule has 0 saturated carbocycles. The summed E-state index contributed by atoms with van der Waals surface area (Å²) in [7, 11) is 0. The number of rotatable bonds is 7. The maximum Gasteiger partial charge on any atom is 0.239 e. The molecular formula is C20H18Cl2N4O. The maximum absolute atomic E-state index is 12.0. The van der Waals surface area contributed by atoms with Gasteiger partial charge in [-0.3, -0.25) is 20.1 Å². The zero-order chi connectivity index (χ0) is 19.2. The highest BCUT2D eigenvalue weighted by molar-refractivity contribution is 6.35. The second-order valence-corrected chi connectivity index (χ2v) is 6.90. The molecule has 0 radical (unpaired) electrons. The fourth-order valence-corrected chi connectivity index (χ4v) is 3.34. The first-order valence-electron chi connectivity index (χ1n) is 8.33. The SMILES string of the molecule is NC(=O)C(NCc1ccncc1Cc1ccncc1)c1ccc(Cl)cc1Cl. The third kappa shape index (κ3) is 5.04. The molecular weight excluding hydrogens is 383 g/mol. The van der Waals surface area contributed by atoms with E-state index in [1.165, 1.54) is 0 Å². The van der Waals surface area contributed by atoms with E-state index in [9.17, 15) is 4.79 Å². The van der Waals surface area contributed by atoms with Crippen LogP contribution in [0.4, 0.5) is 0 Å². The number of hydrogen-bond acceptors (Lipinski definition) is 4. The first-order chi connectivity index (χ1) is 13.0. The van der Waals surface area contributed by atoms with Crippen LogP contribution < -0.4 is 11.1 Å². The molecule has 138 valence electrons. The topological polar surface area (TPSA) is 80.9 Å². The Morgan fingerprint density at radius 1 is 1.04 bits per heavy atom. The summed E-state index contributed by atoms with van der Waals surface area (Å²) in [5.74, 6) is -0.510. The fourth-order valence-electron chi connectivity index (χ4n) is 2.82. The van der Waals surface area contributed by atoms with Crippen molar-refractivity contribution < 1.29 is 4.79 Å². The molecule has 5 nitrogen and oxygen atoms in total. The van der Waals surface area contributed by atoms with E-state index in [4.69, 9.17) is 28.9 Å². The highest BCUT2D eigenvalue weighted by Gasteiger charge is 2.20. The van der Waals surface area contributed by atoms with Crippen molar-refractivity contribution in [1.82, 2.24) is 15.3 Å². The van der Waals surface area contributed by atoms with Gasteiger partial charge < -0.3 is 5.73 Å². The largest absolute Gasteiger partial charge is 0.368 e. The summed E-state index contributed by atoms with van der Waals surface area (Å²) in [5.41, 5.74) is 9.40. The first-order valence-corrected chi connectivity index (χ1v) is 9.08. The van der Waals surface area contributed by atoms with Crippen molar-refractivity contribution in [2.45, 2.75) is 19.0 Å². The van der Waals surface area contributed by atoms with Crippen LogP contribution in [0, 0.1) is 0 Å². The molecule has 1 atom stereocenters. The molecule has 7 heteroatoms. The Morgan fingerprint density at radius 2 is 1.78 bits per heavy atom. The lowest BCUT2D eigenvalue weighted by molar-refractivity contribution is -0.120. The number of pyridine rings is 2. The van der Waals surface area contributed by atoms with Crippen LogP contribution in [0.2, 0.25) is 10.0 Å². The van der Waals surface area contributed by atoms with Gasteiger partial charge >= 0.3 is 0 Å². The zero-order valence-electron chi connectivity index (χ0n) is 14.4. The number of nitrogens with two attached hydrogens (primary N) is 1. The fraction of sp³-hybridized carbons (Fsp3) is 0.150. The standard InChI is InChI=1S/C20H18Cl2N4O/c21-16-1-2-17(18(22)10-16)19(20(23)27)26-12-14-5-8-25-11-15(14)9-13-3-6-24-7-4-13/h1-8,10-11,19,26H,9,12H2,(H2,23,27). The quantitative estimate of drug-likeness (QED) is 0.633. The average Bonchev–Trinajstić information content (AvgIpc) is 2.65. The van der Waals surface area contributed by atoms with E-state index in [1.54, 1.807) is 36.8 Å². The molecule has 27 heavy (non-hydrogen) atoms. The predicted octanol–water partition coefficient (Wildman–Crippen LogP) is 3.69. The van der Waals surface area contributed by atoms with E-state index in [-0.39, 0.29) is 0 Å². The lowest BCUT2D eigenvalue weighted by Gasteiger charge is -2.18. The third-order valence-electron chi connectivity index (χ3n) is 4.20. The molecule has 0 spiro atoms. The Morgan fingerprint density at radius 3 is 2.48 bits per heavy atom. The van der Waals surface area contributed by atoms with Crippen LogP contribution in [0.1, 0.15) is 28.3 Å². The number of hydrogen-bond donors (Lipinski definition) is 2. The summed E-state index contributed by atoms with van der Waals surface area (Å²) in [5, 5.41) is 4.09. The Kier molecular flexibility index (Phi) is 6.40. The van der Waals surface area contributed by atoms with Crippen molar-refractivity contribution in [3.05, 3.63) is 93.5 Å². The summed E-state index contributed by atoms with van der Waals surface area (Å²) in [6.07, 6.45) is 7.79. The summed E-state index contributed by atoms with van der Waals surface area (Å²) in [6, 6.07) is 10.1. The van der Waals surface area contributed by atoms with E-state index < -0.39 is 11.9 Å². The second-order valence-electron chi connectivity index (χ2n) is 6.06. The van der Waals surface area contributed by atoms with Crippen molar-refractivity contribution in [2.75, 3.05) is 0 Å². The lowest BCUT2D eigenvalue weighted by Crippen LogP contribution is -2.33. The minimum Gasteiger partial charge on any atom is -0.368 e. The minimum atomic E-state index is -0.725. The molecule has 0 aliphatic heterocycles. The molecule has 2 aromatic heterocycles. The Bertz CT molecular complexity index is 934. The van der Waals surface area contributed by atoms with Crippen LogP contribution in [-0.4, -0.2) is 15.9 Å². The van der Waals surface area contributed by atoms with E-state index in [2.05, 4.69) is 15.3 Å². The smallest absolute Gasteiger partial charge is 0.239 e. The van der Waals surface area contributed by atoms with Crippen LogP contribution >= 0.6 is 23.2 Å². The molecule has 2 heterocycles. The molecule has 3 rings (SSSR count). The van der Waals surface area contributed by atoms with E-state index in [0.717, 1.165) is 23.1 Å². The molecule has 1 aromatic carbocycles. The molecule has 1 amide bonds. The number of amides is 1. The highest BCUT2D eigenvalue weighted by atomic mass is 35.5. The van der Waals surface area contributed by atoms with Gasteiger partial charge in [-0.05, 0) is 59.0 Å². The van der Waals surface area contributed by atoms with Crippen LogP contribution in [-0.2, 0) is 17.8 Å². The van der Waals surface area contributed by atoms with Crippen LogP contribution in [0.3, 0.4) is 0 Å². The third-order valence-corrected chi connectivity index (χ3v) is 4.77. The first kappa shape index (κ1) is 19.3. The maximum atomic E-state index is 12.0. The van der Waals surface area contributed by atoms with E-state index in [1.807, 2.05) is 24.4 Å². The van der Waals surface area contributed by atoms with Gasteiger partial charge in [0.2, 0.25) is 5.91 Å². The number of primary amides is 1. The molecule has 0 bridgehead atoms. The molecule has 1 unspecified atom stereocenters. The van der Waals surface area contributed by atoms with Gasteiger partial charge in [0.1, 0.15) is 6.04 Å². The summed E-state index contributed by atoms with van der Waals surface area (Å²) < 4.78 is 0. The van der Waals surface area contributed by atoms with Crippen LogP contribution in [0.25, 0.3) is 0 Å². The Labute approximate surface area is 167 Å². The van der Waals surface area contributed by atoms with E-state index >= 15 is 0 Å². The van der Waals surface area contributed by atoms with Crippen LogP contribution in [0.5, 0.6) is 0 Å². The van der Waals surface area contributed by atoms with Gasteiger partial charge in [0.05, 0.1) is 0 Å². The summed E-state index contributed by atoms with van der Waals surface area (Å²) >= 11 is 12.2. The van der Waals surface area contributed by atoms with Gasteiger partial charge in [0, 0.05) is 41.4 Å². The number of carbonyl (C=O) groups excluding carboxylic acids is 1. The average molecular weight is 401 g/mol. The van der Waals surface area contributed by atoms with Crippen molar-refractivity contribution in [3.63, 3.8) is 0 Å². The summed E-state index contributed by atoms with van der Waals surface area (Å²) in [6.45, 7) is 0.440. The number of nitrogens with zero attached hydrogens (tertiary/aromatic N) is 2.